The Kier molecular flexibility index (Phi) is 8.45. The largest absolute Gasteiger partial charge is 0.416 e. The number of benzene rings is 8. The molecule has 0 spiro atoms. The van der Waals surface area contributed by atoms with Crippen LogP contribution in [-0.2, 0) is 6.18 Å². The van der Waals surface area contributed by atoms with E-state index >= 15 is 0 Å². The van der Waals surface area contributed by atoms with Crippen molar-refractivity contribution in [3.8, 4) is 56.9 Å². The summed E-state index contributed by atoms with van der Waals surface area (Å²) in [5, 5.41) is 25.4. The van der Waals surface area contributed by atoms with E-state index in [1.54, 1.807) is 6.07 Å². The van der Waals surface area contributed by atoms with Crippen molar-refractivity contribution in [3.05, 3.63) is 192 Å². The van der Waals surface area contributed by atoms with Crippen molar-refractivity contribution in [2.75, 3.05) is 0 Å². The molecule has 2 heterocycles. The number of nitriles is 2. The Bertz CT molecular complexity index is 3480. The second kappa shape index (κ2) is 13.9. The highest BCUT2D eigenvalue weighted by Gasteiger charge is 2.32. The third-order valence-corrected chi connectivity index (χ3v) is 11.7. The number of aromatic nitrogens is 2. The van der Waals surface area contributed by atoms with Crippen LogP contribution in [0.15, 0.2) is 164 Å². The van der Waals surface area contributed by atoms with Crippen LogP contribution in [0.4, 0.5) is 13.2 Å². The highest BCUT2D eigenvalue weighted by atomic mass is 19.4. The van der Waals surface area contributed by atoms with E-state index in [9.17, 15) is 23.7 Å². The van der Waals surface area contributed by atoms with Crippen molar-refractivity contribution in [3.63, 3.8) is 0 Å². The molecule has 0 unspecified atom stereocenters. The summed E-state index contributed by atoms with van der Waals surface area (Å²) in [6, 6.07) is 56.4. The highest BCUT2D eigenvalue weighted by Crippen LogP contribution is 2.44. The lowest BCUT2D eigenvalue weighted by Gasteiger charge is -2.21. The molecule has 286 valence electrons. The summed E-state index contributed by atoms with van der Waals surface area (Å²) in [7, 11) is 0. The number of nitrogens with zero attached hydrogens (tertiary/aromatic N) is 4. The second-order valence-corrected chi connectivity index (χ2v) is 15.2. The SMILES string of the molecule is Cc1ccccc1-c1ccc2c3ccccc3n(-c3ccc(-c4cc(C#N)cc(C(F)(F)F)c4)c(-n4c5ccccc5c5ccc(-c6ccccc6C)cc54)c3C#N)c2c1. The minimum Gasteiger partial charge on any atom is -0.308 e. The van der Waals surface area contributed by atoms with Gasteiger partial charge in [-0.25, -0.2) is 0 Å². The molecular formula is C53H33F3N4. The predicted molar refractivity (Wildman–Crippen MR) is 235 cm³/mol. The highest BCUT2D eigenvalue weighted by molar-refractivity contribution is 6.13. The summed E-state index contributed by atoms with van der Waals surface area (Å²) < 4.78 is 47.7. The number of aryl methyl sites for hydroxylation is 2. The average Bonchev–Trinajstić information content (AvgIpc) is 3.77. The van der Waals surface area contributed by atoms with E-state index < -0.39 is 11.7 Å². The van der Waals surface area contributed by atoms with Crippen LogP contribution in [0, 0.1) is 36.5 Å². The van der Waals surface area contributed by atoms with Crippen LogP contribution in [0.5, 0.6) is 0 Å². The lowest BCUT2D eigenvalue weighted by Crippen LogP contribution is -2.08. The van der Waals surface area contributed by atoms with Gasteiger partial charge in [-0.05, 0) is 101 Å². The molecular weight excluding hydrogens is 750 g/mol. The Hall–Kier alpha value is -7.87. The summed E-state index contributed by atoms with van der Waals surface area (Å²) in [6.07, 6.45) is -4.72. The van der Waals surface area contributed by atoms with E-state index in [2.05, 4.69) is 91.2 Å². The Morgan fingerprint density at radius 2 is 0.967 bits per heavy atom. The van der Waals surface area contributed by atoms with E-state index in [0.717, 1.165) is 89.1 Å². The van der Waals surface area contributed by atoms with Gasteiger partial charge in [-0.15, -0.1) is 0 Å². The third kappa shape index (κ3) is 5.74. The summed E-state index contributed by atoms with van der Waals surface area (Å²) in [6.45, 7) is 4.14. The molecule has 0 fully saturated rings. The summed E-state index contributed by atoms with van der Waals surface area (Å²) in [4.78, 5) is 0. The van der Waals surface area contributed by atoms with Crippen molar-refractivity contribution in [2.45, 2.75) is 20.0 Å². The molecule has 10 rings (SSSR count). The Labute approximate surface area is 343 Å². The van der Waals surface area contributed by atoms with E-state index in [-0.39, 0.29) is 16.7 Å². The molecule has 4 nitrogen and oxygen atoms in total. The molecule has 0 aliphatic heterocycles. The smallest absolute Gasteiger partial charge is 0.308 e. The predicted octanol–water partition coefficient (Wildman–Crippen LogP) is 14.3. The molecule has 0 aliphatic carbocycles. The van der Waals surface area contributed by atoms with Gasteiger partial charge in [0.1, 0.15) is 11.6 Å². The standard InChI is InChI=1S/C53H33F3N4/c1-32-11-3-5-13-39(32)35-19-21-44-42-15-7-9-17-47(42)59(50(44)28-35)49-24-23-41(37-25-34(30-57)26-38(27-37)53(54,55)56)52(46(49)31-58)60-48-18-10-8-16-43(48)45-22-20-36(29-51(45)60)40-14-6-4-12-33(40)2/h3-29H,1-2H3. The number of halogens is 3. The van der Waals surface area contributed by atoms with Crippen molar-refractivity contribution in [2.24, 2.45) is 0 Å². The zero-order valence-corrected chi connectivity index (χ0v) is 32.5. The molecule has 0 bridgehead atoms. The van der Waals surface area contributed by atoms with Gasteiger partial charge >= 0.3 is 6.18 Å². The molecule has 0 atom stereocenters. The van der Waals surface area contributed by atoms with Gasteiger partial charge in [0, 0.05) is 27.1 Å². The maximum atomic E-state index is 14.5. The third-order valence-electron chi connectivity index (χ3n) is 11.7. The fraction of sp³-hybridized carbons (Fsp3) is 0.0566. The molecule has 8 aromatic carbocycles. The molecule has 10 aromatic rings. The van der Waals surface area contributed by atoms with Gasteiger partial charge in [0.2, 0.25) is 0 Å². The fourth-order valence-electron chi connectivity index (χ4n) is 8.92. The van der Waals surface area contributed by atoms with Crippen LogP contribution in [0.3, 0.4) is 0 Å². The minimum atomic E-state index is -4.72. The number of hydrogen-bond donors (Lipinski definition) is 0. The molecule has 60 heavy (non-hydrogen) atoms. The van der Waals surface area contributed by atoms with Crippen LogP contribution < -0.4 is 0 Å². The first kappa shape index (κ1) is 36.5. The molecule has 0 N–H and O–H groups in total. The Morgan fingerprint density at radius 1 is 0.450 bits per heavy atom. The van der Waals surface area contributed by atoms with Gasteiger partial charge < -0.3 is 9.13 Å². The first-order valence-electron chi connectivity index (χ1n) is 19.5. The maximum absolute atomic E-state index is 14.5. The zero-order chi connectivity index (χ0) is 41.3. The lowest BCUT2D eigenvalue weighted by atomic mass is 9.94. The normalized spacial score (nSPS) is 11.7. The lowest BCUT2D eigenvalue weighted by molar-refractivity contribution is -0.137. The monoisotopic (exact) mass is 782 g/mol. The van der Waals surface area contributed by atoms with Crippen LogP contribution in [0.25, 0.3) is 88.4 Å². The maximum Gasteiger partial charge on any atom is 0.416 e. The number of para-hydroxylation sites is 2. The molecule has 0 aliphatic rings. The fourth-order valence-corrected chi connectivity index (χ4v) is 8.92. The van der Waals surface area contributed by atoms with E-state index in [0.29, 0.717) is 16.9 Å². The molecule has 0 amide bonds. The van der Waals surface area contributed by atoms with Crippen molar-refractivity contribution in [1.82, 2.24) is 9.13 Å². The summed E-state index contributed by atoms with van der Waals surface area (Å²) in [5.41, 5.74) is 10.3. The molecule has 0 radical (unpaired) electrons. The molecule has 7 heteroatoms. The van der Waals surface area contributed by atoms with Crippen LogP contribution in [0.2, 0.25) is 0 Å². The van der Waals surface area contributed by atoms with E-state index in [4.69, 9.17) is 0 Å². The van der Waals surface area contributed by atoms with Gasteiger partial charge in [-0.3, -0.25) is 0 Å². The first-order chi connectivity index (χ1) is 29.1. The number of rotatable bonds is 5. The Balaban J connectivity index is 1.37. The van der Waals surface area contributed by atoms with Gasteiger partial charge in [0.15, 0.2) is 0 Å². The summed E-state index contributed by atoms with van der Waals surface area (Å²) in [5.74, 6) is 0. The van der Waals surface area contributed by atoms with Crippen molar-refractivity contribution < 1.29 is 13.2 Å². The number of fused-ring (bicyclic) bond motifs is 6. The van der Waals surface area contributed by atoms with Crippen LogP contribution >= 0.6 is 0 Å². The molecule has 0 saturated heterocycles. The quantitative estimate of drug-likeness (QED) is 0.175. The Morgan fingerprint density at radius 3 is 1.52 bits per heavy atom. The van der Waals surface area contributed by atoms with Gasteiger partial charge in [0.25, 0.3) is 0 Å². The van der Waals surface area contributed by atoms with Crippen molar-refractivity contribution in [1.29, 1.82) is 10.5 Å². The molecule has 0 saturated carbocycles. The van der Waals surface area contributed by atoms with Gasteiger partial charge in [-0.2, -0.15) is 23.7 Å². The topological polar surface area (TPSA) is 57.4 Å². The average molecular weight is 783 g/mol. The van der Waals surface area contributed by atoms with Crippen LogP contribution in [-0.4, -0.2) is 9.13 Å². The zero-order valence-electron chi connectivity index (χ0n) is 32.5. The second-order valence-electron chi connectivity index (χ2n) is 15.2. The van der Waals surface area contributed by atoms with Gasteiger partial charge in [0.05, 0.1) is 50.6 Å². The van der Waals surface area contributed by atoms with Gasteiger partial charge in [-0.1, -0.05) is 115 Å². The summed E-state index contributed by atoms with van der Waals surface area (Å²) >= 11 is 0. The number of alkyl halides is 3. The first-order valence-corrected chi connectivity index (χ1v) is 19.5. The van der Waals surface area contributed by atoms with E-state index in [1.165, 1.54) is 6.07 Å². The minimum absolute atomic E-state index is 0.136. The molecule has 2 aromatic heterocycles. The van der Waals surface area contributed by atoms with E-state index in [1.807, 2.05) is 83.4 Å². The van der Waals surface area contributed by atoms with Crippen LogP contribution in [0.1, 0.15) is 27.8 Å². The number of hydrogen-bond acceptors (Lipinski definition) is 2. The van der Waals surface area contributed by atoms with Crippen molar-refractivity contribution >= 4 is 43.6 Å².